The first-order valence-electron chi connectivity index (χ1n) is 13.3. The first-order valence-corrected chi connectivity index (χ1v) is 14.1. The van der Waals surface area contributed by atoms with Gasteiger partial charge in [-0.05, 0) is 80.7 Å². The van der Waals surface area contributed by atoms with Crippen LogP contribution in [0.1, 0.15) is 84.5 Å². The standard InChI is InChI=1S/C15H21N3O4.C13H17BrN2O3/c1-10(19)17-12-7-11(8-16-9-12)13-5-6-21-18(13)14(20)22-15(2,3)4;1-13(2,3)19-12(17)16-11(4-5-18-16)9-6-10(14)8-15-7-9/h7-9,13H,5-6H2,1-4H3,(H,17,19);6-8,11H,4-5H2,1-3H3/t13-;11-/m00/s1. The van der Waals surface area contributed by atoms with Gasteiger partial charge >= 0.3 is 12.2 Å². The number of ether oxygens (including phenoxy) is 2. The Balaban J connectivity index is 0.000000228. The molecule has 0 aromatic carbocycles. The van der Waals surface area contributed by atoms with Crippen LogP contribution in [-0.2, 0) is 23.9 Å². The van der Waals surface area contributed by atoms with Crippen molar-refractivity contribution in [1.29, 1.82) is 0 Å². The summed E-state index contributed by atoms with van der Waals surface area (Å²) in [5, 5.41) is 5.21. The number of pyridine rings is 2. The lowest BCUT2D eigenvalue weighted by Crippen LogP contribution is -2.35. The fourth-order valence-corrected chi connectivity index (χ4v) is 4.42. The lowest BCUT2D eigenvalue weighted by Gasteiger charge is -2.27. The van der Waals surface area contributed by atoms with Crippen LogP contribution in [0.25, 0.3) is 0 Å². The molecule has 0 saturated carbocycles. The number of rotatable bonds is 3. The zero-order valence-corrected chi connectivity index (χ0v) is 26.1. The molecule has 2 aliphatic heterocycles. The molecule has 2 aromatic heterocycles. The van der Waals surface area contributed by atoms with Gasteiger partial charge in [0.05, 0.1) is 37.2 Å². The van der Waals surface area contributed by atoms with E-state index in [-0.39, 0.29) is 18.0 Å². The molecule has 2 saturated heterocycles. The molecule has 0 unspecified atom stereocenters. The van der Waals surface area contributed by atoms with Gasteiger partial charge < -0.3 is 14.8 Å². The number of hydrogen-bond acceptors (Lipinski definition) is 9. The number of carbonyl (C=O) groups excluding carboxylic acids is 3. The number of hydrogen-bond donors (Lipinski definition) is 1. The van der Waals surface area contributed by atoms with Crippen molar-refractivity contribution in [1.82, 2.24) is 20.1 Å². The number of amides is 3. The van der Waals surface area contributed by atoms with E-state index in [9.17, 15) is 14.4 Å². The first kappa shape index (κ1) is 32.2. The van der Waals surface area contributed by atoms with E-state index in [1.165, 1.54) is 17.1 Å². The molecule has 0 bridgehead atoms. The Bertz CT molecular complexity index is 1230. The summed E-state index contributed by atoms with van der Waals surface area (Å²) in [6.45, 7) is 13.2. The van der Waals surface area contributed by atoms with Crippen LogP contribution in [0.5, 0.6) is 0 Å². The molecule has 41 heavy (non-hydrogen) atoms. The van der Waals surface area contributed by atoms with Crippen LogP contribution in [0.15, 0.2) is 41.4 Å². The Morgan fingerprint density at radius 3 is 1.73 bits per heavy atom. The zero-order valence-electron chi connectivity index (χ0n) is 24.5. The van der Waals surface area contributed by atoms with Gasteiger partial charge in [-0.25, -0.2) is 9.59 Å². The predicted molar refractivity (Wildman–Crippen MR) is 153 cm³/mol. The Morgan fingerprint density at radius 1 is 0.829 bits per heavy atom. The van der Waals surface area contributed by atoms with Crippen LogP contribution in [-0.4, -0.2) is 62.6 Å². The van der Waals surface area contributed by atoms with E-state index in [4.69, 9.17) is 19.1 Å². The fourth-order valence-electron chi connectivity index (χ4n) is 4.04. The summed E-state index contributed by atoms with van der Waals surface area (Å²) in [6.07, 6.45) is 7.04. The van der Waals surface area contributed by atoms with Crippen LogP contribution in [0.2, 0.25) is 0 Å². The summed E-state index contributed by atoms with van der Waals surface area (Å²) >= 11 is 3.38. The maximum Gasteiger partial charge on any atom is 0.435 e. The largest absolute Gasteiger partial charge is 0.442 e. The van der Waals surface area contributed by atoms with Gasteiger partial charge in [0.25, 0.3) is 0 Å². The highest BCUT2D eigenvalue weighted by atomic mass is 79.9. The Morgan fingerprint density at radius 2 is 1.29 bits per heavy atom. The van der Waals surface area contributed by atoms with Crippen molar-refractivity contribution in [3.63, 3.8) is 0 Å². The maximum absolute atomic E-state index is 12.2. The first-order chi connectivity index (χ1) is 19.1. The number of hydroxylamine groups is 4. The number of halogens is 1. The Kier molecular flexibility index (Phi) is 10.7. The van der Waals surface area contributed by atoms with Gasteiger partial charge in [-0.1, -0.05) is 0 Å². The number of carbonyl (C=O) groups is 3. The van der Waals surface area contributed by atoms with Gasteiger partial charge in [-0.2, -0.15) is 10.1 Å². The maximum atomic E-state index is 12.2. The highest BCUT2D eigenvalue weighted by Gasteiger charge is 2.36. The molecule has 4 heterocycles. The molecular formula is C28H38BrN5O7. The third kappa shape index (κ3) is 9.94. The predicted octanol–water partition coefficient (Wildman–Crippen LogP) is 6.11. The summed E-state index contributed by atoms with van der Waals surface area (Å²) < 4.78 is 11.5. The minimum Gasteiger partial charge on any atom is -0.442 e. The minimum atomic E-state index is -0.593. The smallest absolute Gasteiger partial charge is 0.435 e. The van der Waals surface area contributed by atoms with Crippen LogP contribution >= 0.6 is 15.9 Å². The molecule has 0 radical (unpaired) electrons. The summed E-state index contributed by atoms with van der Waals surface area (Å²) in [5.74, 6) is -0.175. The number of aromatic nitrogens is 2. The average molecular weight is 637 g/mol. The monoisotopic (exact) mass is 635 g/mol. The van der Waals surface area contributed by atoms with Crippen molar-refractivity contribution in [2.45, 2.75) is 84.6 Å². The van der Waals surface area contributed by atoms with E-state index >= 15 is 0 Å². The van der Waals surface area contributed by atoms with Crippen LogP contribution in [0.3, 0.4) is 0 Å². The molecule has 12 nitrogen and oxygen atoms in total. The number of nitrogens with one attached hydrogen (secondary N) is 1. The van der Waals surface area contributed by atoms with Crippen molar-refractivity contribution in [2.75, 3.05) is 18.5 Å². The van der Waals surface area contributed by atoms with Crippen LogP contribution < -0.4 is 5.32 Å². The zero-order chi connectivity index (χ0) is 30.4. The van der Waals surface area contributed by atoms with Gasteiger partial charge in [0.15, 0.2) is 0 Å². The topological polar surface area (TPSA) is 132 Å². The number of anilines is 1. The Labute approximate surface area is 248 Å². The normalized spacial score (nSPS) is 18.8. The lowest BCUT2D eigenvalue weighted by molar-refractivity contribution is -0.125. The van der Waals surface area contributed by atoms with Gasteiger partial charge in [-0.15, -0.1) is 0 Å². The second kappa shape index (κ2) is 13.6. The summed E-state index contributed by atoms with van der Waals surface area (Å²) in [5.41, 5.74) is 1.17. The third-order valence-electron chi connectivity index (χ3n) is 5.53. The second-order valence-corrected chi connectivity index (χ2v) is 12.4. The molecule has 13 heteroatoms. The molecule has 0 aliphatic carbocycles. The van der Waals surface area contributed by atoms with E-state index in [0.717, 1.165) is 22.0 Å². The van der Waals surface area contributed by atoms with Crippen LogP contribution in [0, 0.1) is 0 Å². The van der Waals surface area contributed by atoms with E-state index in [0.29, 0.717) is 25.3 Å². The Hall–Kier alpha value is -3.29. The molecule has 2 aromatic rings. The minimum absolute atomic E-state index is 0.153. The van der Waals surface area contributed by atoms with Crippen molar-refractivity contribution < 1.29 is 33.5 Å². The van der Waals surface area contributed by atoms with Gasteiger partial charge in [0, 0.05) is 42.8 Å². The highest BCUT2D eigenvalue weighted by molar-refractivity contribution is 9.10. The van der Waals surface area contributed by atoms with Crippen molar-refractivity contribution >= 4 is 39.7 Å². The van der Waals surface area contributed by atoms with E-state index in [2.05, 4.69) is 31.2 Å². The van der Waals surface area contributed by atoms with E-state index < -0.39 is 23.4 Å². The average Bonchev–Trinajstić information content (AvgIpc) is 3.53. The molecule has 2 fully saturated rings. The van der Waals surface area contributed by atoms with E-state index in [1.807, 2.05) is 26.8 Å². The summed E-state index contributed by atoms with van der Waals surface area (Å²) in [7, 11) is 0. The van der Waals surface area contributed by atoms with Gasteiger partial charge in [-0.3, -0.25) is 24.4 Å². The molecule has 3 amide bonds. The third-order valence-corrected chi connectivity index (χ3v) is 5.97. The van der Waals surface area contributed by atoms with Gasteiger partial charge in [0.2, 0.25) is 5.91 Å². The molecule has 1 N–H and O–H groups in total. The quantitative estimate of drug-likeness (QED) is 0.424. The van der Waals surface area contributed by atoms with Crippen molar-refractivity contribution in [3.8, 4) is 0 Å². The fraction of sp³-hybridized carbons (Fsp3) is 0.536. The number of nitrogens with zero attached hydrogens (tertiary/aromatic N) is 4. The molecule has 4 rings (SSSR count). The molecular weight excluding hydrogens is 598 g/mol. The molecule has 224 valence electrons. The van der Waals surface area contributed by atoms with Gasteiger partial charge in [0.1, 0.15) is 11.2 Å². The molecule has 2 aliphatic rings. The van der Waals surface area contributed by atoms with Crippen molar-refractivity contribution in [3.05, 3.63) is 52.5 Å². The summed E-state index contributed by atoms with van der Waals surface area (Å²) in [6, 6.07) is 3.28. The van der Waals surface area contributed by atoms with Crippen LogP contribution in [0.4, 0.5) is 15.3 Å². The SMILES string of the molecule is CC(=O)Nc1cncc([C@@H]2CCON2C(=O)OC(C)(C)C)c1.CC(C)(C)OC(=O)N1OCC[C@H]1c1cncc(Br)c1. The van der Waals surface area contributed by atoms with E-state index in [1.54, 1.807) is 51.6 Å². The second-order valence-electron chi connectivity index (χ2n) is 11.5. The lowest BCUT2D eigenvalue weighted by atomic mass is 10.1. The molecule has 2 atom stereocenters. The summed E-state index contributed by atoms with van der Waals surface area (Å²) in [4.78, 5) is 54.4. The molecule has 0 spiro atoms. The highest BCUT2D eigenvalue weighted by Crippen LogP contribution is 2.33. The van der Waals surface area contributed by atoms with Crippen molar-refractivity contribution in [2.24, 2.45) is 0 Å².